The van der Waals surface area contributed by atoms with Gasteiger partial charge in [-0.25, -0.2) is 4.98 Å². The minimum Gasteiger partial charge on any atom is -0.494 e. The molecule has 9 aromatic rings. The SMILES string of the molecule is Cc1cc2cc(C)c1-c1ccc(nc1)-c1cccc(n1)-c1ccc(cn1)-c1c(C)cc(cc1C)OCCOc1ccc(cc1)-c1ccc(cc1)OCCCCOc1ccc(cc1)-c1ccc(cc1)OCCO2. The quantitative estimate of drug-likeness (QED) is 0.147. The predicted molar refractivity (Wildman–Crippen MR) is 286 cm³/mol. The van der Waals surface area contributed by atoms with Crippen molar-refractivity contribution in [3.63, 3.8) is 0 Å². The van der Waals surface area contributed by atoms with Crippen LogP contribution in [0, 0.1) is 27.7 Å². The molecule has 27 rings (SSSR count). The van der Waals surface area contributed by atoms with Gasteiger partial charge < -0.3 is 28.4 Å². The summed E-state index contributed by atoms with van der Waals surface area (Å²) in [4.78, 5) is 14.7. The van der Waals surface area contributed by atoms with Gasteiger partial charge in [0.2, 0.25) is 0 Å². The van der Waals surface area contributed by atoms with Crippen LogP contribution in [0.5, 0.6) is 34.5 Å². The second-order valence-corrected chi connectivity index (χ2v) is 18.0. The van der Waals surface area contributed by atoms with Crippen LogP contribution in [0.3, 0.4) is 0 Å². The van der Waals surface area contributed by atoms with Gasteiger partial charge in [0.25, 0.3) is 0 Å². The van der Waals surface area contributed by atoms with E-state index in [1.54, 1.807) is 0 Å². The molecule has 360 valence electrons. The molecule has 0 unspecified atom stereocenters. The molecule has 0 saturated heterocycles. The first-order valence-corrected chi connectivity index (χ1v) is 24.6. The lowest BCUT2D eigenvalue weighted by Gasteiger charge is -2.15. The molecular formula is C63H57N3O6. The summed E-state index contributed by atoms with van der Waals surface area (Å²) in [6.45, 7) is 11.3. The smallest absolute Gasteiger partial charge is 0.122 e. The fourth-order valence-electron chi connectivity index (χ4n) is 9.23. The molecule has 0 saturated carbocycles. The lowest BCUT2D eigenvalue weighted by Crippen LogP contribution is -2.09. The average Bonchev–Trinajstić information content (AvgIpc) is 3.40. The highest BCUT2D eigenvalue weighted by Crippen LogP contribution is 2.35. The maximum absolute atomic E-state index is 6.17. The van der Waals surface area contributed by atoms with E-state index in [0.29, 0.717) is 39.6 Å². The third-order valence-corrected chi connectivity index (χ3v) is 12.8. The highest BCUT2D eigenvalue weighted by molar-refractivity contribution is 5.75. The molecule has 18 aliphatic heterocycles. The number of aryl methyl sites for hydroxylation is 4. The first-order valence-electron chi connectivity index (χ1n) is 24.6. The van der Waals surface area contributed by atoms with Gasteiger partial charge in [0.05, 0.1) is 36.0 Å². The van der Waals surface area contributed by atoms with Gasteiger partial charge in [0, 0.05) is 23.5 Å². The minimum atomic E-state index is 0.416. The van der Waals surface area contributed by atoms with Crippen LogP contribution < -0.4 is 28.4 Å². The molecule has 0 N–H and O–H groups in total. The first-order chi connectivity index (χ1) is 35.3. The molecule has 0 amide bonds. The van der Waals surface area contributed by atoms with Crippen LogP contribution in [0.4, 0.5) is 0 Å². The monoisotopic (exact) mass is 951 g/mol. The topological polar surface area (TPSA) is 94.1 Å². The second kappa shape index (κ2) is 22.1. The molecule has 9 nitrogen and oxygen atoms in total. The summed E-state index contributed by atoms with van der Waals surface area (Å²) in [5.74, 6) is 4.89. The van der Waals surface area contributed by atoms with Gasteiger partial charge in [0.1, 0.15) is 60.9 Å². The fraction of sp³-hybridized carbons (Fsp3) is 0.190. The number of pyridine rings is 3. The normalized spacial score (nSPS) is 13.2. The summed E-state index contributed by atoms with van der Waals surface area (Å²) in [5.41, 5.74) is 16.3. The van der Waals surface area contributed by atoms with Gasteiger partial charge >= 0.3 is 0 Å². The van der Waals surface area contributed by atoms with Crippen molar-refractivity contribution in [1.82, 2.24) is 15.0 Å². The molecule has 0 atom stereocenters. The Morgan fingerprint density at radius 2 is 0.583 bits per heavy atom. The van der Waals surface area contributed by atoms with Crippen LogP contribution in [0.25, 0.3) is 67.3 Å². The van der Waals surface area contributed by atoms with Gasteiger partial charge in [0.15, 0.2) is 0 Å². The van der Waals surface area contributed by atoms with Gasteiger partial charge in [-0.1, -0.05) is 66.7 Å². The molecule has 0 radical (unpaired) electrons. The van der Waals surface area contributed by atoms with Gasteiger partial charge in [-0.3, -0.25) is 9.97 Å². The zero-order chi connectivity index (χ0) is 49.2. The van der Waals surface area contributed by atoms with Crippen LogP contribution in [-0.2, 0) is 0 Å². The Hall–Kier alpha value is -8.43. The number of aromatic nitrogens is 3. The number of hydrogen-bond acceptors (Lipinski definition) is 9. The van der Waals surface area contributed by atoms with Crippen molar-refractivity contribution in [2.75, 3.05) is 39.6 Å². The first kappa shape index (κ1) is 47.3. The molecule has 18 bridgehead atoms. The third kappa shape index (κ3) is 11.4. The van der Waals surface area contributed by atoms with E-state index < -0.39 is 0 Å². The Kier molecular flexibility index (Phi) is 14.5. The molecule has 6 aromatic carbocycles. The zero-order valence-corrected chi connectivity index (χ0v) is 41.2. The van der Waals surface area contributed by atoms with Gasteiger partial charge in [-0.05, 0) is 193 Å². The minimum absolute atomic E-state index is 0.416. The molecule has 18 aliphatic rings. The van der Waals surface area contributed by atoms with Gasteiger partial charge in [-0.2, -0.15) is 0 Å². The molecule has 0 spiro atoms. The Morgan fingerprint density at radius 3 is 0.889 bits per heavy atom. The Labute approximate surface area is 422 Å². The Morgan fingerprint density at radius 1 is 0.292 bits per heavy atom. The van der Waals surface area contributed by atoms with Crippen molar-refractivity contribution < 1.29 is 28.4 Å². The van der Waals surface area contributed by atoms with Crippen LogP contribution >= 0.6 is 0 Å². The van der Waals surface area contributed by atoms with Crippen LogP contribution in [0.2, 0.25) is 0 Å². The van der Waals surface area contributed by atoms with Crippen molar-refractivity contribution >= 4 is 0 Å². The van der Waals surface area contributed by atoms with Crippen LogP contribution in [-0.4, -0.2) is 54.6 Å². The average molecular weight is 952 g/mol. The van der Waals surface area contributed by atoms with Crippen molar-refractivity contribution in [1.29, 1.82) is 0 Å². The van der Waals surface area contributed by atoms with E-state index in [1.165, 1.54) is 0 Å². The van der Waals surface area contributed by atoms with Crippen molar-refractivity contribution in [3.05, 3.63) is 198 Å². The zero-order valence-electron chi connectivity index (χ0n) is 41.2. The number of ether oxygens (including phenoxy) is 6. The number of benzene rings is 6. The van der Waals surface area contributed by atoms with Gasteiger partial charge in [-0.15, -0.1) is 0 Å². The number of nitrogens with zero attached hydrogens (tertiary/aromatic N) is 3. The number of hydrogen-bond donors (Lipinski definition) is 0. The summed E-state index contributed by atoms with van der Waals surface area (Å²) in [6.07, 6.45) is 5.62. The van der Waals surface area contributed by atoms with Crippen LogP contribution in [0.15, 0.2) is 176 Å². The Bertz CT molecular complexity index is 2980. The summed E-state index contributed by atoms with van der Waals surface area (Å²) < 4.78 is 36.5. The molecule has 72 heavy (non-hydrogen) atoms. The summed E-state index contributed by atoms with van der Waals surface area (Å²) >= 11 is 0. The summed E-state index contributed by atoms with van der Waals surface area (Å²) in [6, 6.07) is 55.2. The second-order valence-electron chi connectivity index (χ2n) is 18.0. The lowest BCUT2D eigenvalue weighted by molar-refractivity contribution is 0.217. The lowest BCUT2D eigenvalue weighted by atomic mass is 9.96. The molecular weight excluding hydrogens is 895 g/mol. The molecule has 9 heteroatoms. The van der Waals surface area contributed by atoms with E-state index in [4.69, 9.17) is 43.4 Å². The van der Waals surface area contributed by atoms with E-state index >= 15 is 0 Å². The standard InChI is InChI=1S/C63H57N3O6/c1-42-36-56-37-43(2)62(42)50-18-28-58(64-40-50)60-8-7-9-61(66-60)59-29-19-51(41-65-59)63-44(3)38-57(39-45(63)4)72-35-33-70-55-26-16-49(17-27-55)47-12-22-53(23-13-47)68-31-6-5-30-67-52-20-10-46(11-21-52)48-14-24-54(25-15-48)69-32-34-71-56/h7-29,36-41H,5-6,30-35H2,1-4H3. The maximum atomic E-state index is 6.17. The summed E-state index contributed by atoms with van der Waals surface area (Å²) in [7, 11) is 0. The molecule has 3 aromatic heterocycles. The molecule has 0 aliphatic carbocycles. The highest BCUT2D eigenvalue weighted by atomic mass is 16.5. The van der Waals surface area contributed by atoms with Crippen LogP contribution in [0.1, 0.15) is 35.1 Å². The van der Waals surface area contributed by atoms with E-state index in [-0.39, 0.29) is 0 Å². The maximum Gasteiger partial charge on any atom is 0.122 e. The third-order valence-electron chi connectivity index (χ3n) is 12.8. The summed E-state index contributed by atoms with van der Waals surface area (Å²) in [5, 5.41) is 0. The molecule has 21 heterocycles. The van der Waals surface area contributed by atoms with E-state index in [0.717, 1.165) is 137 Å². The predicted octanol–water partition coefficient (Wildman–Crippen LogP) is 14.6. The number of rotatable bonds is 0. The van der Waals surface area contributed by atoms with Crippen molar-refractivity contribution in [2.24, 2.45) is 0 Å². The van der Waals surface area contributed by atoms with E-state index in [2.05, 4.69) is 113 Å². The van der Waals surface area contributed by atoms with Crippen molar-refractivity contribution in [3.8, 4) is 102 Å². The highest BCUT2D eigenvalue weighted by Gasteiger charge is 2.14. The Balaban J connectivity index is 0.825. The van der Waals surface area contributed by atoms with E-state index in [9.17, 15) is 0 Å². The largest absolute Gasteiger partial charge is 0.494 e. The van der Waals surface area contributed by atoms with E-state index in [1.807, 2.05) is 91.3 Å². The van der Waals surface area contributed by atoms with Crippen molar-refractivity contribution in [2.45, 2.75) is 40.5 Å². The fourth-order valence-corrected chi connectivity index (χ4v) is 9.23. The molecule has 0 fully saturated rings.